The lowest BCUT2D eigenvalue weighted by Gasteiger charge is -2.19. The lowest BCUT2D eigenvalue weighted by molar-refractivity contribution is -0.274. The van der Waals surface area contributed by atoms with E-state index in [-0.39, 0.29) is 12.3 Å². The second kappa shape index (κ2) is 5.35. The monoisotopic (exact) mass is 279 g/mol. The van der Waals surface area contributed by atoms with Crippen molar-refractivity contribution >= 4 is 11.7 Å². The van der Waals surface area contributed by atoms with Gasteiger partial charge in [-0.05, 0) is 31.2 Å². The molecule has 8 heteroatoms. The Hall–Kier alpha value is -1.96. The highest BCUT2D eigenvalue weighted by molar-refractivity contribution is 5.77. The lowest BCUT2D eigenvalue weighted by atomic mass is 10.1. The molecule has 0 aromatic heterocycles. The first-order valence-corrected chi connectivity index (χ1v) is 5.16. The van der Waals surface area contributed by atoms with Crippen molar-refractivity contribution in [2.45, 2.75) is 18.9 Å². The number of rotatable bonds is 5. The summed E-state index contributed by atoms with van der Waals surface area (Å²) in [5, 5.41) is 20.7. The molecule has 0 radical (unpaired) electrons. The molecular weight excluding hydrogens is 267 g/mol. The van der Waals surface area contributed by atoms with Crippen LogP contribution < -0.4 is 10.1 Å². The molecule has 0 aliphatic heterocycles. The molecule has 0 spiro atoms. The topological polar surface area (TPSA) is 78.8 Å². The van der Waals surface area contributed by atoms with Crippen LogP contribution in [0.4, 0.5) is 18.9 Å². The van der Waals surface area contributed by atoms with Crippen LogP contribution in [0.25, 0.3) is 0 Å². The lowest BCUT2D eigenvalue weighted by Crippen LogP contribution is -2.41. The summed E-state index contributed by atoms with van der Waals surface area (Å²) in [6.07, 6.45) is -4.76. The number of aliphatic carboxylic acids is 1. The van der Waals surface area contributed by atoms with Crippen molar-refractivity contribution in [2.75, 3.05) is 11.9 Å². The number of carboxylic acid groups (broad SMARTS) is 1. The van der Waals surface area contributed by atoms with Crippen LogP contribution >= 0.6 is 0 Å². The van der Waals surface area contributed by atoms with Gasteiger partial charge in [0.05, 0.1) is 6.54 Å². The van der Waals surface area contributed by atoms with Crippen LogP contribution in [0.15, 0.2) is 24.3 Å². The molecule has 106 valence electrons. The summed E-state index contributed by atoms with van der Waals surface area (Å²) in [5.74, 6) is -1.79. The van der Waals surface area contributed by atoms with E-state index in [0.717, 1.165) is 19.1 Å². The van der Waals surface area contributed by atoms with Gasteiger partial charge in [-0.15, -0.1) is 13.2 Å². The number of alkyl halides is 3. The average molecular weight is 279 g/mol. The van der Waals surface area contributed by atoms with E-state index in [1.165, 1.54) is 12.1 Å². The van der Waals surface area contributed by atoms with Gasteiger partial charge in [-0.3, -0.25) is 0 Å². The number of ether oxygens (including phenoxy) is 1. The maximum Gasteiger partial charge on any atom is 0.573 e. The highest BCUT2D eigenvalue weighted by atomic mass is 19.4. The van der Waals surface area contributed by atoms with E-state index in [1.807, 2.05) is 0 Å². The van der Waals surface area contributed by atoms with Crippen molar-refractivity contribution in [2.24, 2.45) is 0 Å². The van der Waals surface area contributed by atoms with Gasteiger partial charge in [0.2, 0.25) is 0 Å². The van der Waals surface area contributed by atoms with Crippen LogP contribution in [0.2, 0.25) is 0 Å². The summed E-state index contributed by atoms with van der Waals surface area (Å²) in [6.45, 7) is 0.811. The Balaban J connectivity index is 2.61. The van der Waals surface area contributed by atoms with Crippen molar-refractivity contribution < 1.29 is 32.9 Å². The van der Waals surface area contributed by atoms with Crippen LogP contribution in [0.5, 0.6) is 5.75 Å². The van der Waals surface area contributed by atoms with Gasteiger partial charge in [-0.1, -0.05) is 0 Å². The number of carboxylic acids is 1. The van der Waals surface area contributed by atoms with Crippen molar-refractivity contribution in [3.8, 4) is 5.75 Å². The van der Waals surface area contributed by atoms with E-state index in [4.69, 9.17) is 5.11 Å². The first-order chi connectivity index (χ1) is 8.60. The van der Waals surface area contributed by atoms with Gasteiger partial charge >= 0.3 is 12.3 Å². The zero-order valence-corrected chi connectivity index (χ0v) is 9.86. The number of halogens is 3. The van der Waals surface area contributed by atoms with E-state index in [1.54, 1.807) is 0 Å². The molecule has 5 nitrogen and oxygen atoms in total. The minimum atomic E-state index is -4.76. The first kappa shape index (κ1) is 15.1. The van der Waals surface area contributed by atoms with E-state index < -0.39 is 17.9 Å². The molecule has 0 bridgehead atoms. The molecule has 0 saturated heterocycles. The van der Waals surface area contributed by atoms with Crippen LogP contribution in [0, 0.1) is 0 Å². The summed E-state index contributed by atoms with van der Waals surface area (Å²) in [7, 11) is 0. The van der Waals surface area contributed by atoms with Crippen LogP contribution in [0.3, 0.4) is 0 Å². The predicted molar refractivity (Wildman–Crippen MR) is 59.9 cm³/mol. The molecule has 0 fully saturated rings. The molecule has 0 amide bonds. The van der Waals surface area contributed by atoms with E-state index >= 15 is 0 Å². The molecule has 1 aromatic rings. The van der Waals surface area contributed by atoms with Gasteiger partial charge in [0.25, 0.3) is 0 Å². The molecule has 0 aliphatic carbocycles. The number of hydrogen-bond acceptors (Lipinski definition) is 4. The summed E-state index contributed by atoms with van der Waals surface area (Å²) in [5.41, 5.74) is -1.61. The average Bonchev–Trinajstić information content (AvgIpc) is 2.26. The third-order valence-electron chi connectivity index (χ3n) is 2.19. The normalized spacial score (nSPS) is 14.6. The van der Waals surface area contributed by atoms with Crippen molar-refractivity contribution in [3.05, 3.63) is 24.3 Å². The van der Waals surface area contributed by atoms with Crippen LogP contribution in [-0.4, -0.2) is 34.7 Å². The maximum absolute atomic E-state index is 11.9. The summed E-state index contributed by atoms with van der Waals surface area (Å²) < 4.78 is 39.4. The Morgan fingerprint density at radius 3 is 2.26 bits per heavy atom. The maximum atomic E-state index is 11.9. The van der Waals surface area contributed by atoms with Gasteiger partial charge in [0.1, 0.15) is 5.75 Å². The van der Waals surface area contributed by atoms with E-state index in [0.29, 0.717) is 5.69 Å². The fraction of sp³-hybridized carbons (Fsp3) is 0.364. The highest BCUT2D eigenvalue weighted by Crippen LogP contribution is 2.24. The third kappa shape index (κ3) is 5.04. The number of aliphatic hydroxyl groups is 1. The number of hydrogen-bond donors (Lipinski definition) is 3. The quantitative estimate of drug-likeness (QED) is 0.766. The van der Waals surface area contributed by atoms with Crippen molar-refractivity contribution in [3.63, 3.8) is 0 Å². The number of anilines is 1. The summed E-state index contributed by atoms with van der Waals surface area (Å²) >= 11 is 0. The molecule has 1 aromatic carbocycles. The molecule has 1 atom stereocenters. The number of carbonyl (C=O) groups is 1. The van der Waals surface area contributed by atoms with Crippen LogP contribution in [-0.2, 0) is 4.79 Å². The zero-order valence-electron chi connectivity index (χ0n) is 9.86. The van der Waals surface area contributed by atoms with Gasteiger partial charge in [-0.25, -0.2) is 4.79 Å². The molecule has 1 rings (SSSR count). The Morgan fingerprint density at radius 2 is 1.84 bits per heavy atom. The molecule has 0 saturated carbocycles. The standard InChI is InChI=1S/C11H12F3NO4/c1-10(18,9(16)17)6-15-7-2-4-8(5-3-7)19-11(12,13)14/h2-5,15,18H,6H2,1H3,(H,16,17). The molecule has 3 N–H and O–H groups in total. The van der Waals surface area contributed by atoms with Crippen molar-refractivity contribution in [1.82, 2.24) is 0 Å². The van der Waals surface area contributed by atoms with Gasteiger partial charge < -0.3 is 20.3 Å². The Kier molecular flexibility index (Phi) is 4.25. The smallest absolute Gasteiger partial charge is 0.479 e. The summed E-state index contributed by atoms with van der Waals surface area (Å²) in [4.78, 5) is 10.6. The van der Waals surface area contributed by atoms with Gasteiger partial charge in [0, 0.05) is 5.69 Å². The molecule has 19 heavy (non-hydrogen) atoms. The summed E-state index contributed by atoms with van der Waals surface area (Å²) in [6, 6.07) is 4.70. The van der Waals surface area contributed by atoms with Gasteiger partial charge in [-0.2, -0.15) is 0 Å². The Morgan fingerprint density at radius 1 is 1.32 bits per heavy atom. The van der Waals surface area contributed by atoms with Gasteiger partial charge in [0.15, 0.2) is 5.60 Å². The second-order valence-electron chi connectivity index (χ2n) is 4.00. The molecule has 0 aliphatic rings. The van der Waals surface area contributed by atoms with Crippen molar-refractivity contribution in [1.29, 1.82) is 0 Å². The highest BCUT2D eigenvalue weighted by Gasteiger charge is 2.31. The minimum absolute atomic E-state index is 0.290. The second-order valence-corrected chi connectivity index (χ2v) is 4.00. The molecular formula is C11H12F3NO4. The van der Waals surface area contributed by atoms with E-state index in [9.17, 15) is 23.1 Å². The fourth-order valence-electron chi connectivity index (χ4n) is 1.12. The van der Waals surface area contributed by atoms with E-state index in [2.05, 4.69) is 10.1 Å². The molecule has 1 unspecified atom stereocenters. The Bertz CT molecular complexity index is 442. The SMILES string of the molecule is CC(O)(CNc1ccc(OC(F)(F)F)cc1)C(=O)O. The van der Waals surface area contributed by atoms with Crippen LogP contribution in [0.1, 0.15) is 6.92 Å². The number of benzene rings is 1. The first-order valence-electron chi connectivity index (χ1n) is 5.16. The predicted octanol–water partition coefficient (Wildman–Crippen LogP) is 1.83. The fourth-order valence-corrected chi connectivity index (χ4v) is 1.12. The molecule has 0 heterocycles. The third-order valence-corrected chi connectivity index (χ3v) is 2.19. The minimum Gasteiger partial charge on any atom is -0.479 e. The largest absolute Gasteiger partial charge is 0.573 e. The Labute approximate surface area is 106 Å². The number of nitrogens with one attached hydrogen (secondary N) is 1. The zero-order chi connectivity index (χ0) is 14.7.